The van der Waals surface area contributed by atoms with E-state index in [9.17, 15) is 4.39 Å². The molecule has 0 saturated heterocycles. The van der Waals surface area contributed by atoms with Crippen LogP contribution >= 0.6 is 0 Å². The Labute approximate surface area is 203 Å². The number of aliphatic imine (C=N–C) groups is 2. The molecule has 4 nitrogen and oxygen atoms in total. The number of nitrogens with zero attached hydrogens (tertiary/aromatic N) is 3. The van der Waals surface area contributed by atoms with E-state index in [1.54, 1.807) is 0 Å². The Hall–Kier alpha value is -4.12. The fraction of sp³-hybridized carbons (Fsp3) is 0.167. The van der Waals surface area contributed by atoms with Gasteiger partial charge >= 0.3 is 0 Å². The minimum absolute atomic E-state index is 0.399. The molecule has 1 aliphatic heterocycles. The Morgan fingerprint density at radius 1 is 0.886 bits per heavy atom. The van der Waals surface area contributed by atoms with Crippen molar-refractivity contribution in [3.63, 3.8) is 0 Å². The molecule has 1 aliphatic carbocycles. The van der Waals surface area contributed by atoms with Crippen LogP contribution in [0.3, 0.4) is 0 Å². The van der Waals surface area contributed by atoms with Crippen molar-refractivity contribution in [2.45, 2.75) is 19.3 Å². The van der Waals surface area contributed by atoms with Crippen LogP contribution in [0.2, 0.25) is 0 Å². The van der Waals surface area contributed by atoms with Gasteiger partial charge in [0.25, 0.3) is 0 Å². The highest BCUT2D eigenvalue weighted by Crippen LogP contribution is 2.45. The van der Waals surface area contributed by atoms with Crippen molar-refractivity contribution in [1.82, 2.24) is 10.2 Å². The third-order valence-corrected chi connectivity index (χ3v) is 6.85. The zero-order valence-electron chi connectivity index (χ0n) is 19.3. The number of aromatic nitrogens is 2. The van der Waals surface area contributed by atoms with E-state index < -0.39 is 5.95 Å². The highest BCUT2D eigenvalue weighted by molar-refractivity contribution is 6.04. The number of rotatable bonds is 6. The molecule has 0 amide bonds. The van der Waals surface area contributed by atoms with E-state index in [2.05, 4.69) is 74.8 Å². The second kappa shape index (κ2) is 9.26. The minimum atomic E-state index is -0.399. The summed E-state index contributed by atoms with van der Waals surface area (Å²) >= 11 is 0. The molecule has 5 heteroatoms. The van der Waals surface area contributed by atoms with Crippen molar-refractivity contribution in [2.75, 3.05) is 6.54 Å². The van der Waals surface area contributed by atoms with Crippen molar-refractivity contribution in [3.05, 3.63) is 107 Å². The number of H-pyrrole nitrogens is 1. The van der Waals surface area contributed by atoms with Gasteiger partial charge in [-0.1, -0.05) is 73.2 Å². The summed E-state index contributed by atoms with van der Waals surface area (Å²) in [7, 11) is 0. The number of halogens is 1. The smallest absolute Gasteiger partial charge is 0.216 e. The summed E-state index contributed by atoms with van der Waals surface area (Å²) in [6.45, 7) is 0.651. The van der Waals surface area contributed by atoms with Gasteiger partial charge in [0.05, 0.1) is 17.4 Å². The molecule has 6 rings (SSSR count). The number of aromatic amines is 1. The molecular weight excluding hydrogens is 435 g/mol. The maximum atomic E-state index is 14.5. The van der Waals surface area contributed by atoms with Gasteiger partial charge in [0, 0.05) is 6.21 Å². The predicted molar refractivity (Wildman–Crippen MR) is 142 cm³/mol. The molecule has 1 fully saturated rings. The van der Waals surface area contributed by atoms with Crippen molar-refractivity contribution in [1.29, 1.82) is 0 Å². The normalized spacial score (nSPS) is 16.5. The van der Waals surface area contributed by atoms with Crippen LogP contribution in [0, 0.1) is 11.9 Å². The first-order chi connectivity index (χ1) is 17.3. The SMILES string of the molecule is Fc1[nH]nc2ccc(/C(=C(/c3ccccc3)C3CCC3)c3ccc(/C=C/C4=NCC=N4)cc3)cc12. The second-order valence-electron chi connectivity index (χ2n) is 9.02. The number of hydrogen-bond donors (Lipinski definition) is 1. The lowest BCUT2D eigenvalue weighted by molar-refractivity contribution is 0.401. The van der Waals surface area contributed by atoms with Gasteiger partial charge in [-0.3, -0.25) is 10.1 Å². The van der Waals surface area contributed by atoms with E-state index in [-0.39, 0.29) is 0 Å². The van der Waals surface area contributed by atoms with E-state index in [0.29, 0.717) is 23.4 Å². The van der Waals surface area contributed by atoms with Crippen molar-refractivity contribution in [3.8, 4) is 0 Å². The second-order valence-corrected chi connectivity index (χ2v) is 9.02. The van der Waals surface area contributed by atoms with Gasteiger partial charge in [0.15, 0.2) is 0 Å². The summed E-state index contributed by atoms with van der Waals surface area (Å²) in [5, 5.41) is 7.06. The minimum Gasteiger partial charge on any atom is -0.261 e. The van der Waals surface area contributed by atoms with Crippen LogP contribution < -0.4 is 0 Å². The molecule has 0 spiro atoms. The van der Waals surface area contributed by atoms with Crippen LogP contribution in [-0.2, 0) is 0 Å². The molecule has 1 N–H and O–H groups in total. The lowest BCUT2D eigenvalue weighted by atomic mass is 9.73. The lowest BCUT2D eigenvalue weighted by Crippen LogP contribution is -2.15. The lowest BCUT2D eigenvalue weighted by Gasteiger charge is -2.31. The number of hydrogen-bond acceptors (Lipinski definition) is 3. The topological polar surface area (TPSA) is 53.4 Å². The maximum Gasteiger partial charge on any atom is 0.216 e. The van der Waals surface area contributed by atoms with E-state index in [1.165, 1.54) is 30.4 Å². The quantitative estimate of drug-likeness (QED) is 0.311. The van der Waals surface area contributed by atoms with E-state index >= 15 is 0 Å². The fourth-order valence-corrected chi connectivity index (χ4v) is 4.85. The van der Waals surface area contributed by atoms with Crippen molar-refractivity contribution in [2.24, 2.45) is 15.9 Å². The molecule has 0 radical (unpaired) electrons. The largest absolute Gasteiger partial charge is 0.261 e. The predicted octanol–water partition coefficient (Wildman–Crippen LogP) is 6.96. The monoisotopic (exact) mass is 460 g/mol. The van der Waals surface area contributed by atoms with Crippen LogP contribution in [0.1, 0.15) is 41.5 Å². The summed E-state index contributed by atoms with van der Waals surface area (Å²) in [4.78, 5) is 8.57. The van der Waals surface area contributed by atoms with Gasteiger partial charge in [-0.25, -0.2) is 4.99 Å². The molecule has 0 unspecified atom stereocenters. The molecule has 1 saturated carbocycles. The van der Waals surface area contributed by atoms with Gasteiger partial charge in [-0.05, 0) is 70.4 Å². The maximum absolute atomic E-state index is 14.5. The Morgan fingerprint density at radius 2 is 1.69 bits per heavy atom. The zero-order valence-corrected chi connectivity index (χ0v) is 19.3. The Morgan fingerprint density at radius 3 is 2.40 bits per heavy atom. The fourth-order valence-electron chi connectivity index (χ4n) is 4.85. The molecule has 0 atom stereocenters. The molecule has 4 aromatic rings. The molecule has 2 aliphatic rings. The number of amidine groups is 1. The van der Waals surface area contributed by atoms with E-state index in [4.69, 9.17) is 0 Å². The summed E-state index contributed by atoms with van der Waals surface area (Å²) in [6, 6.07) is 25.0. The van der Waals surface area contributed by atoms with Crippen molar-refractivity contribution < 1.29 is 4.39 Å². The Bertz CT molecular complexity index is 1490. The molecule has 35 heavy (non-hydrogen) atoms. The summed E-state index contributed by atoms with van der Waals surface area (Å²) in [6.07, 6.45) is 9.35. The number of allylic oxidation sites excluding steroid dienone is 1. The number of nitrogens with one attached hydrogen (secondary N) is 1. The van der Waals surface area contributed by atoms with Gasteiger partial charge in [0.2, 0.25) is 5.95 Å². The highest BCUT2D eigenvalue weighted by Gasteiger charge is 2.27. The summed E-state index contributed by atoms with van der Waals surface area (Å²) in [5.74, 6) is 0.834. The van der Waals surface area contributed by atoms with Crippen LogP contribution in [0.4, 0.5) is 4.39 Å². The van der Waals surface area contributed by atoms with Gasteiger partial charge in [-0.15, -0.1) is 0 Å². The molecular formula is C30H25FN4. The third-order valence-electron chi connectivity index (χ3n) is 6.85. The zero-order chi connectivity index (χ0) is 23.6. The van der Waals surface area contributed by atoms with E-state index in [0.717, 1.165) is 28.1 Å². The summed E-state index contributed by atoms with van der Waals surface area (Å²) in [5.41, 5.74) is 7.55. The van der Waals surface area contributed by atoms with E-state index in [1.807, 2.05) is 36.6 Å². The van der Waals surface area contributed by atoms with Gasteiger partial charge in [0.1, 0.15) is 5.84 Å². The summed E-state index contributed by atoms with van der Waals surface area (Å²) < 4.78 is 14.5. The average Bonchev–Trinajstić information content (AvgIpc) is 3.52. The van der Waals surface area contributed by atoms with Crippen LogP contribution in [-0.4, -0.2) is 28.8 Å². The number of benzene rings is 3. The first-order valence-corrected chi connectivity index (χ1v) is 12.1. The molecule has 172 valence electrons. The van der Waals surface area contributed by atoms with Crippen molar-refractivity contribution >= 4 is 40.2 Å². The first-order valence-electron chi connectivity index (χ1n) is 12.1. The van der Waals surface area contributed by atoms with Crippen LogP contribution in [0.15, 0.2) is 88.9 Å². The molecule has 0 bridgehead atoms. The highest BCUT2D eigenvalue weighted by atomic mass is 19.1. The van der Waals surface area contributed by atoms with Crippen LogP contribution in [0.25, 0.3) is 28.1 Å². The molecule has 2 heterocycles. The standard InChI is InChI=1S/C30H25FN4/c31-30-25-19-24(14-15-26(25)34-35-30)29(28(22-7-4-8-22)21-5-2-1-3-6-21)23-12-9-20(10-13-23)11-16-27-32-17-18-33-27/h1-3,5-6,9-17,19,22H,4,7-8,18H2,(H,34,35)/b16-11+,29-28-. The Balaban J connectivity index is 1.50. The number of fused-ring (bicyclic) bond motifs is 1. The first kappa shape index (κ1) is 21.4. The van der Waals surface area contributed by atoms with Crippen LogP contribution in [0.5, 0.6) is 0 Å². The van der Waals surface area contributed by atoms with Gasteiger partial charge < -0.3 is 0 Å². The Kier molecular flexibility index (Phi) is 5.67. The average molecular weight is 461 g/mol. The third kappa shape index (κ3) is 4.26. The molecule has 1 aromatic heterocycles. The van der Waals surface area contributed by atoms with Gasteiger partial charge in [-0.2, -0.15) is 9.49 Å². The molecule has 3 aromatic carbocycles.